The molecule has 1 aliphatic rings. The minimum Gasteiger partial charge on any atom is -0.317 e. The van der Waals surface area contributed by atoms with Crippen LogP contribution in [0.25, 0.3) is 0 Å². The minimum absolute atomic E-state index is 0.0199. The highest BCUT2D eigenvalue weighted by atomic mass is 79.9. The van der Waals surface area contributed by atoms with E-state index in [4.69, 9.17) is 0 Å². The molecule has 2 rings (SSSR count). The van der Waals surface area contributed by atoms with Gasteiger partial charge < -0.3 is 5.32 Å². The van der Waals surface area contributed by atoms with Gasteiger partial charge in [0, 0.05) is 17.6 Å². The number of piperidine rings is 1. The van der Waals surface area contributed by atoms with Crippen LogP contribution in [0.15, 0.2) is 27.6 Å². The van der Waals surface area contributed by atoms with Crippen molar-refractivity contribution in [2.24, 2.45) is 0 Å². The van der Waals surface area contributed by atoms with Gasteiger partial charge in [0.05, 0.1) is 4.90 Å². The molecule has 0 spiro atoms. The summed E-state index contributed by atoms with van der Waals surface area (Å²) in [5.74, 6) is -0.555. The first-order valence-corrected chi connectivity index (χ1v) is 8.30. The van der Waals surface area contributed by atoms with Crippen LogP contribution in [-0.4, -0.2) is 38.9 Å². The van der Waals surface area contributed by atoms with Gasteiger partial charge >= 0.3 is 0 Å². The zero-order valence-corrected chi connectivity index (χ0v) is 13.0. The lowest BCUT2D eigenvalue weighted by Gasteiger charge is -2.31. The number of nitrogens with zero attached hydrogens (tertiary/aromatic N) is 1. The maximum Gasteiger partial charge on any atom is 0.244 e. The zero-order chi connectivity index (χ0) is 14.0. The van der Waals surface area contributed by atoms with Gasteiger partial charge in [-0.2, -0.15) is 4.31 Å². The van der Waals surface area contributed by atoms with Gasteiger partial charge in [0.1, 0.15) is 5.82 Å². The van der Waals surface area contributed by atoms with Crippen molar-refractivity contribution in [2.75, 3.05) is 20.1 Å². The van der Waals surface area contributed by atoms with E-state index in [0.717, 1.165) is 32.0 Å². The second kappa shape index (κ2) is 5.87. The highest BCUT2D eigenvalue weighted by Crippen LogP contribution is 2.27. The molecule has 1 aromatic rings. The van der Waals surface area contributed by atoms with Crippen molar-refractivity contribution >= 4 is 26.0 Å². The summed E-state index contributed by atoms with van der Waals surface area (Å²) in [4.78, 5) is -0.0199. The Kier molecular flexibility index (Phi) is 4.60. The molecule has 19 heavy (non-hydrogen) atoms. The highest BCUT2D eigenvalue weighted by molar-refractivity contribution is 9.10. The number of benzene rings is 1. The Labute approximate surface area is 121 Å². The number of hydrogen-bond acceptors (Lipinski definition) is 3. The average Bonchev–Trinajstić information content (AvgIpc) is 2.41. The summed E-state index contributed by atoms with van der Waals surface area (Å²) < 4.78 is 40.0. The molecule has 1 aromatic carbocycles. The van der Waals surface area contributed by atoms with Crippen molar-refractivity contribution in [3.63, 3.8) is 0 Å². The van der Waals surface area contributed by atoms with Crippen LogP contribution in [0.1, 0.15) is 12.8 Å². The van der Waals surface area contributed by atoms with E-state index in [1.807, 2.05) is 0 Å². The normalized spacial score (nSPS) is 17.9. The van der Waals surface area contributed by atoms with E-state index in [1.165, 1.54) is 16.4 Å². The van der Waals surface area contributed by atoms with E-state index < -0.39 is 15.8 Å². The average molecular weight is 351 g/mol. The highest BCUT2D eigenvalue weighted by Gasteiger charge is 2.30. The lowest BCUT2D eigenvalue weighted by atomic mass is 10.1. The van der Waals surface area contributed by atoms with Gasteiger partial charge in [0.25, 0.3) is 0 Å². The molecule has 106 valence electrons. The second-order valence-electron chi connectivity index (χ2n) is 4.58. The van der Waals surface area contributed by atoms with Gasteiger partial charge in [-0.15, -0.1) is 0 Å². The molecule has 0 bridgehead atoms. The molecule has 1 saturated heterocycles. The molecule has 1 heterocycles. The first kappa shape index (κ1) is 14.9. The quantitative estimate of drug-likeness (QED) is 0.906. The van der Waals surface area contributed by atoms with Crippen molar-refractivity contribution in [2.45, 2.75) is 23.8 Å². The molecule has 0 unspecified atom stereocenters. The maximum atomic E-state index is 13.3. The summed E-state index contributed by atoms with van der Waals surface area (Å²) >= 11 is 3.17. The summed E-state index contributed by atoms with van der Waals surface area (Å²) in [6.45, 7) is 1.60. The molecule has 0 atom stereocenters. The van der Waals surface area contributed by atoms with Crippen molar-refractivity contribution in [3.8, 4) is 0 Å². The smallest absolute Gasteiger partial charge is 0.244 e. The molecule has 1 aliphatic heterocycles. The van der Waals surface area contributed by atoms with Crippen molar-refractivity contribution < 1.29 is 12.8 Å². The Hall–Kier alpha value is -0.500. The lowest BCUT2D eigenvalue weighted by Crippen LogP contribution is -2.43. The van der Waals surface area contributed by atoms with Crippen molar-refractivity contribution in [3.05, 3.63) is 28.5 Å². The molecule has 0 aromatic heterocycles. The van der Waals surface area contributed by atoms with Gasteiger partial charge in [-0.25, -0.2) is 12.8 Å². The monoisotopic (exact) mass is 350 g/mol. The first-order chi connectivity index (χ1) is 8.93. The Balaban J connectivity index is 2.33. The molecule has 7 heteroatoms. The Bertz CT molecular complexity index is 559. The molecule has 0 amide bonds. The largest absolute Gasteiger partial charge is 0.317 e. The fraction of sp³-hybridized carbons (Fsp3) is 0.500. The van der Waals surface area contributed by atoms with Crippen LogP contribution in [-0.2, 0) is 10.0 Å². The van der Waals surface area contributed by atoms with Crippen LogP contribution in [0.3, 0.4) is 0 Å². The first-order valence-electron chi connectivity index (χ1n) is 6.07. The summed E-state index contributed by atoms with van der Waals surface area (Å²) in [6, 6.07) is 3.66. The number of hydrogen-bond donors (Lipinski definition) is 1. The van der Waals surface area contributed by atoms with E-state index in [-0.39, 0.29) is 10.9 Å². The lowest BCUT2D eigenvalue weighted by molar-refractivity contribution is 0.296. The topological polar surface area (TPSA) is 49.4 Å². The van der Waals surface area contributed by atoms with Gasteiger partial charge in [-0.1, -0.05) is 0 Å². The van der Waals surface area contributed by atoms with Crippen LogP contribution in [0, 0.1) is 5.82 Å². The third kappa shape index (κ3) is 3.16. The van der Waals surface area contributed by atoms with Crippen LogP contribution in [0.4, 0.5) is 4.39 Å². The number of halogens is 2. The number of sulfonamides is 1. The maximum absolute atomic E-state index is 13.3. The zero-order valence-electron chi connectivity index (χ0n) is 10.6. The standard InChI is InChI=1S/C12H16BrFN2O2S/c1-16(10-4-6-15-7-5-10)19(17,18)12-8-9(14)2-3-11(12)13/h2-3,8,10,15H,4-7H2,1H3. The third-order valence-corrected chi connectivity index (χ3v) is 6.28. The number of nitrogens with one attached hydrogen (secondary N) is 1. The molecule has 0 radical (unpaired) electrons. The van der Waals surface area contributed by atoms with Gasteiger partial charge in [0.15, 0.2) is 0 Å². The van der Waals surface area contributed by atoms with E-state index in [2.05, 4.69) is 21.2 Å². The molecule has 1 N–H and O–H groups in total. The Morgan fingerprint density at radius 3 is 2.63 bits per heavy atom. The molecule has 4 nitrogen and oxygen atoms in total. The predicted octanol–water partition coefficient (Wildman–Crippen LogP) is 1.96. The van der Waals surface area contributed by atoms with Crippen LogP contribution in [0.2, 0.25) is 0 Å². The van der Waals surface area contributed by atoms with Crippen LogP contribution in [0.5, 0.6) is 0 Å². The molecule has 0 saturated carbocycles. The summed E-state index contributed by atoms with van der Waals surface area (Å²) in [7, 11) is -2.11. The van der Waals surface area contributed by atoms with Gasteiger partial charge in [-0.05, 0) is 60.1 Å². The number of rotatable bonds is 3. The molecular formula is C12H16BrFN2O2S. The Morgan fingerprint density at radius 1 is 1.37 bits per heavy atom. The Morgan fingerprint density at radius 2 is 2.00 bits per heavy atom. The van der Waals surface area contributed by atoms with E-state index >= 15 is 0 Å². The van der Waals surface area contributed by atoms with Crippen molar-refractivity contribution in [1.29, 1.82) is 0 Å². The fourth-order valence-corrected chi connectivity index (χ4v) is 4.55. The third-order valence-electron chi connectivity index (χ3n) is 3.37. The van der Waals surface area contributed by atoms with E-state index in [0.29, 0.717) is 4.47 Å². The summed E-state index contributed by atoms with van der Waals surface area (Å²) in [5.41, 5.74) is 0. The summed E-state index contributed by atoms with van der Waals surface area (Å²) in [6.07, 6.45) is 1.53. The van der Waals surface area contributed by atoms with Crippen molar-refractivity contribution in [1.82, 2.24) is 9.62 Å². The van der Waals surface area contributed by atoms with Crippen LogP contribution < -0.4 is 5.32 Å². The van der Waals surface area contributed by atoms with E-state index in [9.17, 15) is 12.8 Å². The van der Waals surface area contributed by atoms with Gasteiger partial charge in [0.2, 0.25) is 10.0 Å². The second-order valence-corrected chi connectivity index (χ2v) is 7.40. The fourth-order valence-electron chi connectivity index (χ4n) is 2.20. The van der Waals surface area contributed by atoms with Crippen LogP contribution >= 0.6 is 15.9 Å². The van der Waals surface area contributed by atoms with Gasteiger partial charge in [-0.3, -0.25) is 0 Å². The minimum atomic E-state index is -3.67. The predicted molar refractivity (Wildman–Crippen MR) is 74.9 cm³/mol. The molecular weight excluding hydrogens is 335 g/mol. The summed E-state index contributed by atoms with van der Waals surface area (Å²) in [5, 5.41) is 3.19. The molecule has 1 fully saturated rings. The SMILES string of the molecule is CN(C1CCNCC1)S(=O)(=O)c1cc(F)ccc1Br. The van der Waals surface area contributed by atoms with E-state index in [1.54, 1.807) is 7.05 Å². The molecule has 0 aliphatic carbocycles.